The lowest BCUT2D eigenvalue weighted by Gasteiger charge is -2.26. The number of nitrogen functional groups attached to an aromatic ring is 1. The number of hydrogen-bond donors (Lipinski definition) is 2. The Labute approximate surface area is 106 Å². The zero-order valence-electron chi connectivity index (χ0n) is 9.64. The molecule has 0 aromatic carbocycles. The van der Waals surface area contributed by atoms with Crippen molar-refractivity contribution in [1.29, 1.82) is 0 Å². The summed E-state index contributed by atoms with van der Waals surface area (Å²) < 4.78 is 0. The van der Waals surface area contributed by atoms with Crippen molar-refractivity contribution in [2.75, 3.05) is 23.8 Å². The number of hydrogen-bond acceptors (Lipinski definition) is 5. The summed E-state index contributed by atoms with van der Waals surface area (Å²) in [6.45, 7) is 1.16. The van der Waals surface area contributed by atoms with Crippen LogP contribution in [0.5, 0.6) is 0 Å². The maximum atomic E-state index is 8.89. The fraction of sp³-hybridized carbons (Fsp3) is 0.636. The largest absolute Gasteiger partial charge is 0.396 e. The highest BCUT2D eigenvalue weighted by Gasteiger charge is 2.27. The van der Waals surface area contributed by atoms with Gasteiger partial charge in [-0.05, 0) is 25.7 Å². The Hall–Kier alpha value is -1.07. The van der Waals surface area contributed by atoms with Gasteiger partial charge in [0.1, 0.15) is 5.02 Å². The van der Waals surface area contributed by atoms with Crippen LogP contribution in [0.15, 0.2) is 6.20 Å². The standard InChI is InChI=1S/C11H17ClN4O/c12-9-7-14-11(13)15-10(9)16-5-1-3-8(16)4-2-6-17/h7-8,17H,1-6H2,(H2,13,14,15). The predicted octanol–water partition coefficient (Wildman–Crippen LogP) is 1.45. The van der Waals surface area contributed by atoms with E-state index in [1.165, 1.54) is 0 Å². The first-order valence-corrected chi connectivity index (χ1v) is 6.25. The summed E-state index contributed by atoms with van der Waals surface area (Å²) in [7, 11) is 0. The molecular weight excluding hydrogens is 240 g/mol. The SMILES string of the molecule is Nc1ncc(Cl)c(N2CCCC2CCCO)n1. The molecule has 0 spiro atoms. The summed E-state index contributed by atoms with van der Waals surface area (Å²) in [5.74, 6) is 0.969. The van der Waals surface area contributed by atoms with Crippen molar-refractivity contribution in [3.63, 3.8) is 0 Å². The highest BCUT2D eigenvalue weighted by molar-refractivity contribution is 6.32. The average Bonchev–Trinajstić information content (AvgIpc) is 2.77. The fourth-order valence-electron chi connectivity index (χ4n) is 2.31. The van der Waals surface area contributed by atoms with Crippen LogP contribution in [0.25, 0.3) is 0 Å². The van der Waals surface area contributed by atoms with Crippen molar-refractivity contribution >= 4 is 23.4 Å². The monoisotopic (exact) mass is 256 g/mol. The highest BCUT2D eigenvalue weighted by Crippen LogP contribution is 2.31. The van der Waals surface area contributed by atoms with Crippen LogP contribution in [0.4, 0.5) is 11.8 Å². The minimum absolute atomic E-state index is 0.226. The molecule has 1 aromatic rings. The summed E-state index contributed by atoms with van der Waals surface area (Å²) >= 11 is 6.10. The predicted molar refractivity (Wildman–Crippen MR) is 68.1 cm³/mol. The molecule has 1 aromatic heterocycles. The lowest BCUT2D eigenvalue weighted by Crippen LogP contribution is -2.30. The number of anilines is 2. The average molecular weight is 257 g/mol. The normalized spacial score (nSPS) is 19.9. The molecular formula is C11H17ClN4O. The molecule has 3 N–H and O–H groups in total. The van der Waals surface area contributed by atoms with Crippen molar-refractivity contribution in [1.82, 2.24) is 9.97 Å². The summed E-state index contributed by atoms with van der Waals surface area (Å²) in [5, 5.41) is 9.43. The zero-order valence-corrected chi connectivity index (χ0v) is 10.4. The molecule has 0 radical (unpaired) electrons. The van der Waals surface area contributed by atoms with E-state index in [0.29, 0.717) is 11.1 Å². The molecule has 0 saturated carbocycles. The van der Waals surface area contributed by atoms with Gasteiger partial charge in [-0.2, -0.15) is 4.98 Å². The highest BCUT2D eigenvalue weighted by atomic mass is 35.5. The molecule has 1 fully saturated rings. The molecule has 94 valence electrons. The van der Waals surface area contributed by atoms with Gasteiger partial charge in [0.25, 0.3) is 0 Å². The molecule has 2 rings (SSSR count). The van der Waals surface area contributed by atoms with Crippen molar-refractivity contribution in [3.05, 3.63) is 11.2 Å². The number of nitrogens with zero attached hydrogens (tertiary/aromatic N) is 3. The molecule has 0 amide bonds. The third-order valence-electron chi connectivity index (χ3n) is 3.09. The van der Waals surface area contributed by atoms with Gasteiger partial charge in [0, 0.05) is 19.2 Å². The van der Waals surface area contributed by atoms with E-state index in [1.807, 2.05) is 0 Å². The van der Waals surface area contributed by atoms with E-state index in [1.54, 1.807) is 6.20 Å². The van der Waals surface area contributed by atoms with E-state index in [9.17, 15) is 0 Å². The third-order valence-corrected chi connectivity index (χ3v) is 3.36. The first-order chi connectivity index (χ1) is 8.22. The molecule has 1 aliphatic heterocycles. The molecule has 1 saturated heterocycles. The Morgan fingerprint density at radius 2 is 2.41 bits per heavy atom. The Balaban J connectivity index is 2.16. The van der Waals surface area contributed by atoms with E-state index in [4.69, 9.17) is 22.4 Å². The van der Waals surface area contributed by atoms with Gasteiger partial charge >= 0.3 is 0 Å². The van der Waals surface area contributed by atoms with Crippen LogP contribution in [0.3, 0.4) is 0 Å². The van der Waals surface area contributed by atoms with Crippen LogP contribution >= 0.6 is 11.6 Å². The number of halogens is 1. The minimum atomic E-state index is 0.226. The molecule has 5 nitrogen and oxygen atoms in total. The van der Waals surface area contributed by atoms with Gasteiger partial charge in [0.2, 0.25) is 5.95 Å². The number of aromatic nitrogens is 2. The number of aliphatic hydroxyl groups excluding tert-OH is 1. The first-order valence-electron chi connectivity index (χ1n) is 5.88. The second-order valence-electron chi connectivity index (χ2n) is 4.26. The quantitative estimate of drug-likeness (QED) is 0.853. The van der Waals surface area contributed by atoms with Crippen molar-refractivity contribution < 1.29 is 5.11 Å². The number of aliphatic hydroxyl groups is 1. The van der Waals surface area contributed by atoms with Gasteiger partial charge in [0.05, 0.1) is 6.20 Å². The van der Waals surface area contributed by atoms with E-state index in [-0.39, 0.29) is 12.6 Å². The molecule has 1 unspecified atom stereocenters. The summed E-state index contributed by atoms with van der Waals surface area (Å²) in [6, 6.07) is 0.397. The molecule has 1 aliphatic rings. The Morgan fingerprint density at radius 1 is 1.59 bits per heavy atom. The lowest BCUT2D eigenvalue weighted by molar-refractivity contribution is 0.279. The summed E-state index contributed by atoms with van der Waals surface area (Å²) in [5.41, 5.74) is 5.59. The first kappa shape index (κ1) is 12.4. The molecule has 6 heteroatoms. The molecule has 2 heterocycles. The third kappa shape index (κ3) is 2.79. The van der Waals surface area contributed by atoms with Crippen LogP contribution in [-0.4, -0.2) is 34.3 Å². The van der Waals surface area contributed by atoms with Crippen molar-refractivity contribution in [2.45, 2.75) is 31.7 Å². The van der Waals surface area contributed by atoms with E-state index in [2.05, 4.69) is 14.9 Å². The van der Waals surface area contributed by atoms with Crippen LogP contribution < -0.4 is 10.6 Å². The molecule has 0 aliphatic carbocycles. The van der Waals surface area contributed by atoms with Gasteiger partial charge in [0.15, 0.2) is 5.82 Å². The molecule has 1 atom stereocenters. The van der Waals surface area contributed by atoms with Gasteiger partial charge in [-0.1, -0.05) is 11.6 Å². The topological polar surface area (TPSA) is 75.3 Å². The van der Waals surface area contributed by atoms with Gasteiger partial charge in [-0.3, -0.25) is 0 Å². The van der Waals surface area contributed by atoms with E-state index in [0.717, 1.165) is 38.0 Å². The van der Waals surface area contributed by atoms with Gasteiger partial charge < -0.3 is 15.7 Å². The van der Waals surface area contributed by atoms with Gasteiger partial charge in [-0.25, -0.2) is 4.98 Å². The van der Waals surface area contributed by atoms with Gasteiger partial charge in [-0.15, -0.1) is 0 Å². The minimum Gasteiger partial charge on any atom is -0.396 e. The summed E-state index contributed by atoms with van der Waals surface area (Å²) in [4.78, 5) is 10.3. The number of rotatable bonds is 4. The fourth-order valence-corrected chi connectivity index (χ4v) is 2.51. The van der Waals surface area contributed by atoms with E-state index < -0.39 is 0 Å². The zero-order chi connectivity index (χ0) is 12.3. The summed E-state index contributed by atoms with van der Waals surface area (Å²) in [6.07, 6.45) is 5.54. The lowest BCUT2D eigenvalue weighted by atomic mass is 10.1. The van der Waals surface area contributed by atoms with Crippen LogP contribution in [-0.2, 0) is 0 Å². The maximum Gasteiger partial charge on any atom is 0.222 e. The van der Waals surface area contributed by atoms with Crippen LogP contribution in [0, 0.1) is 0 Å². The van der Waals surface area contributed by atoms with Crippen molar-refractivity contribution in [3.8, 4) is 0 Å². The maximum absolute atomic E-state index is 8.89. The number of nitrogens with two attached hydrogens (primary N) is 1. The Morgan fingerprint density at radius 3 is 3.18 bits per heavy atom. The Bertz CT molecular complexity index is 388. The second kappa shape index (κ2) is 5.51. The van der Waals surface area contributed by atoms with E-state index >= 15 is 0 Å². The van der Waals surface area contributed by atoms with Crippen LogP contribution in [0.1, 0.15) is 25.7 Å². The van der Waals surface area contributed by atoms with Crippen LogP contribution in [0.2, 0.25) is 5.02 Å². The molecule has 0 bridgehead atoms. The Kier molecular flexibility index (Phi) is 4.02. The second-order valence-corrected chi connectivity index (χ2v) is 4.66. The smallest absolute Gasteiger partial charge is 0.222 e. The molecule has 17 heavy (non-hydrogen) atoms. The van der Waals surface area contributed by atoms with Crippen molar-refractivity contribution in [2.24, 2.45) is 0 Å².